The first-order valence-corrected chi connectivity index (χ1v) is 9.60. The fourth-order valence-electron chi connectivity index (χ4n) is 3.72. The maximum absolute atomic E-state index is 4.93. The molecule has 21 heavy (non-hydrogen) atoms. The van der Waals surface area contributed by atoms with E-state index in [4.69, 9.17) is 10.2 Å². The summed E-state index contributed by atoms with van der Waals surface area (Å²) in [5, 5.41) is 9.85. The van der Waals surface area contributed by atoms with Crippen LogP contribution >= 0.6 is 0 Å². The van der Waals surface area contributed by atoms with E-state index in [1.54, 1.807) is 0 Å². The molecule has 1 aliphatic heterocycles. The zero-order valence-corrected chi connectivity index (χ0v) is 15.1. The Labute approximate surface area is 133 Å². The van der Waals surface area contributed by atoms with Crippen LogP contribution in [0.25, 0.3) is 0 Å². The van der Waals surface area contributed by atoms with Gasteiger partial charge in [0, 0.05) is 6.42 Å². The molecule has 1 rings (SSSR count). The first kappa shape index (κ1) is 18.6. The predicted molar refractivity (Wildman–Crippen MR) is 93.0 cm³/mol. The minimum atomic E-state index is 0.188. The molecule has 2 nitrogen and oxygen atoms in total. The quantitative estimate of drug-likeness (QED) is 0.367. The van der Waals surface area contributed by atoms with E-state index in [2.05, 4.69) is 27.7 Å². The van der Waals surface area contributed by atoms with E-state index < -0.39 is 0 Å². The number of azo groups is 1. The number of unbranched alkanes of at least 4 members (excludes halogenated alkanes) is 4. The minimum Gasteiger partial charge on any atom is -0.187 e. The molecular weight excluding hydrogens is 256 g/mol. The predicted octanol–water partition coefficient (Wildman–Crippen LogP) is 7.08. The third-order valence-electron chi connectivity index (χ3n) is 5.12. The van der Waals surface area contributed by atoms with Crippen LogP contribution in [0.3, 0.4) is 0 Å². The molecule has 0 saturated heterocycles. The zero-order chi connectivity index (χ0) is 15.6. The van der Waals surface area contributed by atoms with Crippen LogP contribution in [0.1, 0.15) is 111 Å². The Balaban J connectivity index is 2.76. The number of nitrogens with zero attached hydrogens (tertiary/aromatic N) is 2. The van der Waals surface area contributed by atoms with Crippen LogP contribution in [-0.2, 0) is 0 Å². The summed E-state index contributed by atoms with van der Waals surface area (Å²) in [4.78, 5) is 0. The zero-order valence-electron chi connectivity index (χ0n) is 15.1. The number of rotatable bonds is 12. The Morgan fingerprint density at radius 3 is 1.10 bits per heavy atom. The Kier molecular flexibility index (Phi) is 8.51. The molecule has 0 aliphatic carbocycles. The highest BCUT2D eigenvalue weighted by atomic mass is 15.2. The smallest absolute Gasteiger partial charge is 0.0840 e. The molecule has 0 bridgehead atoms. The highest BCUT2D eigenvalue weighted by Gasteiger charge is 2.45. The second kappa shape index (κ2) is 9.58. The van der Waals surface area contributed by atoms with Gasteiger partial charge in [0.05, 0.1) is 11.1 Å². The van der Waals surface area contributed by atoms with Gasteiger partial charge < -0.3 is 0 Å². The van der Waals surface area contributed by atoms with Gasteiger partial charge in [-0.1, -0.05) is 79.1 Å². The van der Waals surface area contributed by atoms with Crippen molar-refractivity contribution in [2.45, 2.75) is 122 Å². The summed E-state index contributed by atoms with van der Waals surface area (Å²) in [5.41, 5.74) is 0.376. The van der Waals surface area contributed by atoms with E-state index in [1.807, 2.05) is 0 Å². The fourth-order valence-corrected chi connectivity index (χ4v) is 3.72. The minimum absolute atomic E-state index is 0.188. The maximum atomic E-state index is 4.93. The van der Waals surface area contributed by atoms with Crippen molar-refractivity contribution in [1.29, 1.82) is 0 Å². The first-order valence-electron chi connectivity index (χ1n) is 9.60. The molecule has 0 aromatic rings. The Hall–Kier alpha value is -0.400. The third kappa shape index (κ3) is 5.71. The van der Waals surface area contributed by atoms with Crippen molar-refractivity contribution in [3.05, 3.63) is 0 Å². The summed E-state index contributed by atoms with van der Waals surface area (Å²) in [6.45, 7) is 9.17. The highest BCUT2D eigenvalue weighted by molar-refractivity contribution is 5.04. The highest BCUT2D eigenvalue weighted by Crippen LogP contribution is 2.46. The van der Waals surface area contributed by atoms with Gasteiger partial charge in [-0.05, 0) is 25.7 Å². The Morgan fingerprint density at radius 2 is 0.857 bits per heavy atom. The second-order valence-electron chi connectivity index (χ2n) is 7.24. The molecule has 0 amide bonds. The molecule has 0 fully saturated rings. The molecule has 0 radical (unpaired) electrons. The molecule has 0 saturated carbocycles. The molecule has 1 heterocycles. The molecule has 1 aliphatic rings. The molecule has 0 aromatic heterocycles. The van der Waals surface area contributed by atoms with Gasteiger partial charge in [-0.2, -0.15) is 10.2 Å². The van der Waals surface area contributed by atoms with E-state index in [0.29, 0.717) is 0 Å². The Bertz CT molecular complexity index is 252. The average Bonchev–Trinajstić information content (AvgIpc) is 2.87. The van der Waals surface area contributed by atoms with Crippen molar-refractivity contribution in [2.24, 2.45) is 10.2 Å². The summed E-state index contributed by atoms with van der Waals surface area (Å²) in [6, 6.07) is 0. The molecule has 0 aromatic carbocycles. The number of hydrogen-bond donors (Lipinski definition) is 0. The van der Waals surface area contributed by atoms with E-state index in [1.165, 1.54) is 83.5 Å². The lowest BCUT2D eigenvalue weighted by Crippen LogP contribution is -2.33. The van der Waals surface area contributed by atoms with E-state index in [0.717, 1.165) is 0 Å². The monoisotopic (exact) mass is 294 g/mol. The van der Waals surface area contributed by atoms with Gasteiger partial charge in [-0.25, -0.2) is 0 Å². The summed E-state index contributed by atoms with van der Waals surface area (Å²) in [5.74, 6) is 0. The fraction of sp³-hybridized carbons (Fsp3) is 1.00. The lowest BCUT2D eigenvalue weighted by molar-refractivity contribution is 0.269. The molecule has 0 spiro atoms. The lowest BCUT2D eigenvalue weighted by Gasteiger charge is -2.31. The van der Waals surface area contributed by atoms with E-state index in [9.17, 15) is 0 Å². The van der Waals surface area contributed by atoms with Crippen LogP contribution in [0, 0.1) is 0 Å². The molecule has 0 N–H and O–H groups in total. The average molecular weight is 295 g/mol. The summed E-state index contributed by atoms with van der Waals surface area (Å²) >= 11 is 0. The van der Waals surface area contributed by atoms with Crippen molar-refractivity contribution in [3.8, 4) is 0 Å². The van der Waals surface area contributed by atoms with Gasteiger partial charge in [0.2, 0.25) is 0 Å². The summed E-state index contributed by atoms with van der Waals surface area (Å²) in [6.07, 6.45) is 16.6. The van der Waals surface area contributed by atoms with Crippen LogP contribution < -0.4 is 0 Å². The van der Waals surface area contributed by atoms with Crippen LogP contribution in [0.2, 0.25) is 0 Å². The molecule has 0 unspecified atom stereocenters. The van der Waals surface area contributed by atoms with Crippen molar-refractivity contribution >= 4 is 0 Å². The van der Waals surface area contributed by atoms with E-state index in [-0.39, 0.29) is 11.1 Å². The lowest BCUT2D eigenvalue weighted by atomic mass is 9.74. The molecular formula is C19H38N2. The van der Waals surface area contributed by atoms with Crippen molar-refractivity contribution in [3.63, 3.8) is 0 Å². The molecule has 0 atom stereocenters. The molecule has 124 valence electrons. The largest absolute Gasteiger partial charge is 0.187 e. The van der Waals surface area contributed by atoms with Crippen LogP contribution in [0.5, 0.6) is 0 Å². The standard InChI is InChI=1S/C19H38N2/c1-5-9-13-18(14-10-6-2)17-19(21-20-18,15-11-7-3)16-12-8-4/h5-17H2,1-4H3. The summed E-state index contributed by atoms with van der Waals surface area (Å²) in [7, 11) is 0. The van der Waals surface area contributed by atoms with Gasteiger partial charge in [-0.3, -0.25) is 0 Å². The number of hydrogen-bond acceptors (Lipinski definition) is 2. The van der Waals surface area contributed by atoms with Gasteiger partial charge in [-0.15, -0.1) is 0 Å². The second-order valence-corrected chi connectivity index (χ2v) is 7.24. The van der Waals surface area contributed by atoms with Crippen LogP contribution in [0.15, 0.2) is 10.2 Å². The van der Waals surface area contributed by atoms with Gasteiger partial charge in [0.1, 0.15) is 0 Å². The van der Waals surface area contributed by atoms with Crippen LogP contribution in [0.4, 0.5) is 0 Å². The first-order chi connectivity index (χ1) is 10.2. The Morgan fingerprint density at radius 1 is 0.571 bits per heavy atom. The van der Waals surface area contributed by atoms with Crippen molar-refractivity contribution in [2.75, 3.05) is 0 Å². The molecule has 2 heteroatoms. The van der Waals surface area contributed by atoms with E-state index >= 15 is 0 Å². The van der Waals surface area contributed by atoms with Gasteiger partial charge >= 0.3 is 0 Å². The third-order valence-corrected chi connectivity index (χ3v) is 5.12. The topological polar surface area (TPSA) is 24.7 Å². The summed E-state index contributed by atoms with van der Waals surface area (Å²) < 4.78 is 0. The van der Waals surface area contributed by atoms with Gasteiger partial charge in [0.15, 0.2) is 0 Å². The normalized spacial score (nSPS) is 19.2. The maximum Gasteiger partial charge on any atom is 0.0840 e. The van der Waals surface area contributed by atoms with Gasteiger partial charge in [0.25, 0.3) is 0 Å². The van der Waals surface area contributed by atoms with Crippen molar-refractivity contribution in [1.82, 2.24) is 0 Å². The van der Waals surface area contributed by atoms with Crippen LogP contribution in [-0.4, -0.2) is 11.1 Å². The van der Waals surface area contributed by atoms with Crippen molar-refractivity contribution < 1.29 is 0 Å². The SMILES string of the molecule is CCCCC1(CCCC)CC(CCCC)(CCCC)N=N1.